The summed E-state index contributed by atoms with van der Waals surface area (Å²) in [4.78, 5) is 22.5. The van der Waals surface area contributed by atoms with Crippen molar-refractivity contribution < 1.29 is 14.3 Å². The lowest BCUT2D eigenvalue weighted by Gasteiger charge is -2.18. The Hall–Kier alpha value is -2.56. The molecular formula is C21H28IN5O3. The second kappa shape index (κ2) is 12.2. The number of fused-ring (bicyclic) bond motifs is 1. The maximum atomic E-state index is 12.3. The number of nitrogens with zero attached hydrogens (tertiary/aromatic N) is 3. The van der Waals surface area contributed by atoms with E-state index < -0.39 is 0 Å². The molecule has 1 aliphatic rings. The number of carbonyl (C=O) groups is 1. The zero-order valence-corrected chi connectivity index (χ0v) is 19.6. The van der Waals surface area contributed by atoms with E-state index in [9.17, 15) is 4.79 Å². The molecule has 1 amide bonds. The fraction of sp³-hybridized carbons (Fsp3) is 0.381. The molecule has 2 aromatic rings. The van der Waals surface area contributed by atoms with Crippen LogP contribution in [0.25, 0.3) is 0 Å². The highest BCUT2D eigenvalue weighted by atomic mass is 127. The van der Waals surface area contributed by atoms with Gasteiger partial charge in [-0.1, -0.05) is 12.1 Å². The van der Waals surface area contributed by atoms with Gasteiger partial charge in [0.2, 0.25) is 12.7 Å². The van der Waals surface area contributed by atoms with Crippen LogP contribution in [0.2, 0.25) is 0 Å². The van der Waals surface area contributed by atoms with Gasteiger partial charge in [0.1, 0.15) is 0 Å². The summed E-state index contributed by atoms with van der Waals surface area (Å²) in [6, 6.07) is 11.7. The van der Waals surface area contributed by atoms with Crippen LogP contribution < -0.4 is 20.1 Å². The Kier molecular flexibility index (Phi) is 9.65. The molecule has 9 heteroatoms. The quantitative estimate of drug-likeness (QED) is 0.311. The van der Waals surface area contributed by atoms with Crippen molar-refractivity contribution in [3.8, 4) is 11.5 Å². The van der Waals surface area contributed by atoms with E-state index in [0.29, 0.717) is 19.0 Å². The van der Waals surface area contributed by atoms with E-state index in [1.165, 1.54) is 0 Å². The highest BCUT2D eigenvalue weighted by Gasteiger charge is 2.13. The van der Waals surface area contributed by atoms with Gasteiger partial charge in [-0.15, -0.1) is 24.0 Å². The van der Waals surface area contributed by atoms with E-state index in [1.54, 1.807) is 25.2 Å². The van der Waals surface area contributed by atoms with Gasteiger partial charge in [0, 0.05) is 45.5 Å². The number of guanidine groups is 1. The number of pyridine rings is 1. The van der Waals surface area contributed by atoms with E-state index >= 15 is 0 Å². The molecule has 8 nitrogen and oxygen atoms in total. The molecule has 0 saturated heterocycles. The van der Waals surface area contributed by atoms with Crippen molar-refractivity contribution in [2.45, 2.75) is 12.8 Å². The molecule has 30 heavy (non-hydrogen) atoms. The van der Waals surface area contributed by atoms with Crippen molar-refractivity contribution in [3.05, 3.63) is 53.9 Å². The molecule has 3 rings (SSSR count). The lowest BCUT2D eigenvalue weighted by Crippen LogP contribution is -2.44. The van der Waals surface area contributed by atoms with Gasteiger partial charge in [-0.25, -0.2) is 0 Å². The van der Waals surface area contributed by atoms with E-state index in [1.807, 2.05) is 36.4 Å². The SMILES string of the molecule is CN=C(NCCc1ccc2c(c1)OCO2)NCC(=O)N(C)CCc1ccccn1.I. The first-order valence-electron chi connectivity index (χ1n) is 9.62. The summed E-state index contributed by atoms with van der Waals surface area (Å²) < 4.78 is 10.7. The molecule has 1 aromatic carbocycles. The molecule has 0 radical (unpaired) electrons. The number of amides is 1. The van der Waals surface area contributed by atoms with E-state index in [-0.39, 0.29) is 43.2 Å². The van der Waals surface area contributed by atoms with Gasteiger partial charge in [0.15, 0.2) is 17.5 Å². The minimum absolute atomic E-state index is 0. The van der Waals surface area contributed by atoms with Crippen LogP contribution in [0.15, 0.2) is 47.6 Å². The molecule has 1 aromatic heterocycles. The van der Waals surface area contributed by atoms with Crippen molar-refractivity contribution in [2.75, 3.05) is 40.5 Å². The van der Waals surface area contributed by atoms with E-state index in [2.05, 4.69) is 20.6 Å². The molecule has 2 N–H and O–H groups in total. The fourth-order valence-corrected chi connectivity index (χ4v) is 2.89. The van der Waals surface area contributed by atoms with Crippen LogP contribution >= 0.6 is 24.0 Å². The molecule has 0 aliphatic carbocycles. The Morgan fingerprint density at radius 1 is 1.17 bits per heavy atom. The predicted molar refractivity (Wildman–Crippen MR) is 127 cm³/mol. The summed E-state index contributed by atoms with van der Waals surface area (Å²) in [6.07, 6.45) is 3.29. The number of ether oxygens (including phenoxy) is 2. The number of aromatic nitrogens is 1. The van der Waals surface area contributed by atoms with Gasteiger partial charge in [0.25, 0.3) is 0 Å². The highest BCUT2D eigenvalue weighted by molar-refractivity contribution is 14.0. The minimum Gasteiger partial charge on any atom is -0.454 e. The molecule has 0 unspecified atom stereocenters. The first-order chi connectivity index (χ1) is 14.2. The zero-order valence-electron chi connectivity index (χ0n) is 17.3. The number of carbonyl (C=O) groups excluding carboxylic acids is 1. The van der Waals surface area contributed by atoms with Gasteiger partial charge in [-0.2, -0.15) is 0 Å². The fourth-order valence-electron chi connectivity index (χ4n) is 2.89. The van der Waals surface area contributed by atoms with Gasteiger partial charge in [-0.3, -0.25) is 14.8 Å². The highest BCUT2D eigenvalue weighted by Crippen LogP contribution is 2.32. The number of hydrogen-bond acceptors (Lipinski definition) is 5. The number of halogens is 1. The van der Waals surface area contributed by atoms with Crippen molar-refractivity contribution in [1.82, 2.24) is 20.5 Å². The van der Waals surface area contributed by atoms with Gasteiger partial charge in [0.05, 0.1) is 6.54 Å². The first kappa shape index (κ1) is 23.7. The maximum Gasteiger partial charge on any atom is 0.241 e. The average molecular weight is 525 g/mol. The minimum atomic E-state index is -0.000322. The van der Waals surface area contributed by atoms with E-state index in [0.717, 1.165) is 35.6 Å². The summed E-state index contributed by atoms with van der Waals surface area (Å²) in [7, 11) is 3.48. The number of benzene rings is 1. The second-order valence-corrected chi connectivity index (χ2v) is 6.68. The summed E-state index contributed by atoms with van der Waals surface area (Å²) in [5.41, 5.74) is 2.11. The van der Waals surface area contributed by atoms with Gasteiger partial charge in [-0.05, 0) is 36.2 Å². The maximum absolute atomic E-state index is 12.3. The number of nitrogens with one attached hydrogen (secondary N) is 2. The molecule has 2 heterocycles. The average Bonchev–Trinajstić information content (AvgIpc) is 3.22. The number of rotatable bonds is 8. The monoisotopic (exact) mass is 525 g/mol. The van der Waals surface area contributed by atoms with Crippen molar-refractivity contribution in [2.24, 2.45) is 4.99 Å². The van der Waals surface area contributed by atoms with Crippen LogP contribution in [0, 0.1) is 0 Å². The molecule has 0 spiro atoms. The summed E-state index contributed by atoms with van der Waals surface area (Å²) in [6.45, 7) is 1.76. The molecule has 1 aliphatic heterocycles. The lowest BCUT2D eigenvalue weighted by atomic mass is 10.1. The third-order valence-electron chi connectivity index (χ3n) is 4.63. The largest absolute Gasteiger partial charge is 0.454 e. The van der Waals surface area contributed by atoms with Crippen molar-refractivity contribution >= 4 is 35.8 Å². The number of likely N-dealkylation sites (N-methyl/N-ethyl adjacent to an activating group) is 1. The van der Waals surface area contributed by atoms with Crippen LogP contribution in [0.4, 0.5) is 0 Å². The van der Waals surface area contributed by atoms with Crippen LogP contribution in [0.1, 0.15) is 11.3 Å². The number of hydrogen-bond donors (Lipinski definition) is 2. The van der Waals surface area contributed by atoms with Crippen LogP contribution in [0.5, 0.6) is 11.5 Å². The second-order valence-electron chi connectivity index (χ2n) is 6.68. The normalized spacial score (nSPS) is 12.1. The molecule has 162 valence electrons. The molecular weight excluding hydrogens is 497 g/mol. The summed E-state index contributed by atoms with van der Waals surface area (Å²) in [5, 5.41) is 6.29. The first-order valence-corrected chi connectivity index (χ1v) is 9.62. The standard InChI is InChI=1S/C21H27N5O3.HI/c1-22-21(24-11-8-16-6-7-18-19(13-16)29-15-28-18)25-14-20(27)26(2)12-9-17-5-3-4-10-23-17;/h3-7,10,13H,8-9,11-12,14-15H2,1-2H3,(H2,22,24,25);1H. The molecule has 0 saturated carbocycles. The predicted octanol–water partition coefficient (Wildman–Crippen LogP) is 1.84. The van der Waals surface area contributed by atoms with Crippen molar-refractivity contribution in [3.63, 3.8) is 0 Å². The van der Waals surface area contributed by atoms with Gasteiger partial charge < -0.3 is 25.0 Å². The third-order valence-corrected chi connectivity index (χ3v) is 4.63. The molecule has 0 bridgehead atoms. The van der Waals surface area contributed by atoms with Crippen molar-refractivity contribution in [1.29, 1.82) is 0 Å². The number of aliphatic imine (C=N–C) groups is 1. The third kappa shape index (κ3) is 7.05. The Balaban J connectivity index is 0.00000320. The lowest BCUT2D eigenvalue weighted by molar-refractivity contribution is -0.128. The molecule has 0 fully saturated rings. The zero-order chi connectivity index (χ0) is 20.5. The van der Waals surface area contributed by atoms with Crippen LogP contribution in [-0.2, 0) is 17.6 Å². The van der Waals surface area contributed by atoms with Crippen LogP contribution in [-0.4, -0.2) is 62.3 Å². The Morgan fingerprint density at radius 3 is 2.77 bits per heavy atom. The van der Waals surface area contributed by atoms with Crippen LogP contribution in [0.3, 0.4) is 0 Å². The molecule has 0 atom stereocenters. The smallest absolute Gasteiger partial charge is 0.241 e. The topological polar surface area (TPSA) is 88.1 Å². The summed E-state index contributed by atoms with van der Waals surface area (Å²) in [5.74, 6) is 2.16. The summed E-state index contributed by atoms with van der Waals surface area (Å²) >= 11 is 0. The van der Waals surface area contributed by atoms with E-state index in [4.69, 9.17) is 9.47 Å². The van der Waals surface area contributed by atoms with Gasteiger partial charge >= 0.3 is 0 Å². The Bertz CT molecular complexity index is 848. The Morgan fingerprint density at radius 2 is 2.00 bits per heavy atom. The Labute approximate surface area is 194 Å².